The van der Waals surface area contributed by atoms with E-state index in [0.29, 0.717) is 6.61 Å². The minimum atomic E-state index is -6.72. The van der Waals surface area contributed by atoms with E-state index in [1.807, 2.05) is 39.0 Å². The average molecular weight is 642 g/mol. The number of alkyl halides is 6. The number of rotatable bonds is 12. The maximum absolute atomic E-state index is 12.1. The van der Waals surface area contributed by atoms with Crippen molar-refractivity contribution in [2.24, 2.45) is 0 Å². The Hall–Kier alpha value is -2.37. The molecule has 0 aliphatic heterocycles. The zero-order valence-corrected chi connectivity index (χ0v) is 25.3. The van der Waals surface area contributed by atoms with Crippen LogP contribution in [0.3, 0.4) is 0 Å². The summed E-state index contributed by atoms with van der Waals surface area (Å²) in [7, 11) is -6.81. The van der Waals surface area contributed by atoms with Gasteiger partial charge in [-0.3, -0.25) is 0 Å². The molecule has 238 valence electrons. The largest absolute Gasteiger partial charge is 0.480 e. The molecule has 9 nitrogen and oxygen atoms in total. The number of unbranched alkanes of at least 4 members (excludes halogenated alkanes) is 3. The molecule has 1 amide bonds. The fourth-order valence-corrected chi connectivity index (χ4v) is 4.67. The minimum Gasteiger partial charge on any atom is -0.450 e. The zero-order valence-electron chi connectivity index (χ0n) is 23.7. The average Bonchev–Trinajstić information content (AvgIpc) is 2.75. The van der Waals surface area contributed by atoms with Crippen molar-refractivity contribution < 1.29 is 57.2 Å². The summed E-state index contributed by atoms with van der Waals surface area (Å²) < 4.78 is 116. The first-order valence-electron chi connectivity index (χ1n) is 12.1. The molecule has 0 fully saturated rings. The van der Waals surface area contributed by atoms with E-state index in [-0.39, 0.29) is 6.09 Å². The van der Waals surface area contributed by atoms with Crippen LogP contribution in [0.1, 0.15) is 57.6 Å². The van der Waals surface area contributed by atoms with Crippen molar-refractivity contribution in [1.82, 2.24) is 5.32 Å². The molecule has 41 heavy (non-hydrogen) atoms. The van der Waals surface area contributed by atoms with Gasteiger partial charge < -0.3 is 18.7 Å². The highest BCUT2D eigenvalue weighted by Crippen LogP contribution is 2.36. The lowest BCUT2D eigenvalue weighted by Gasteiger charge is -2.27. The smallest absolute Gasteiger partial charge is 0.450 e. The van der Waals surface area contributed by atoms with Gasteiger partial charge in [0.15, 0.2) is 20.0 Å². The number of carbonyl (C=O) groups excluding carboxylic acids is 1. The molecule has 0 saturated carbocycles. The summed E-state index contributed by atoms with van der Waals surface area (Å²) in [5.41, 5.74) is -9.77. The van der Waals surface area contributed by atoms with Crippen molar-refractivity contribution >= 4 is 31.7 Å². The van der Waals surface area contributed by atoms with Crippen LogP contribution in [0, 0.1) is 0 Å². The Balaban J connectivity index is 0.000000909. The highest BCUT2D eigenvalue weighted by molar-refractivity contribution is 8.13. The fraction of sp³-hybridized carbons (Fsp3) is 0.625. The Morgan fingerprint density at radius 1 is 0.927 bits per heavy atom. The monoisotopic (exact) mass is 641 g/mol. The first-order chi connectivity index (χ1) is 18.2. The van der Waals surface area contributed by atoms with Crippen LogP contribution in [0.2, 0.25) is 0 Å². The lowest BCUT2D eigenvalue weighted by molar-refractivity contribution is -0.870. The second-order valence-corrected chi connectivity index (χ2v) is 14.0. The Bertz CT molecular complexity index is 1200. The van der Waals surface area contributed by atoms with Gasteiger partial charge in [-0.1, -0.05) is 30.4 Å². The zero-order chi connectivity index (χ0) is 32.5. The molecule has 0 aromatic heterocycles. The number of alkyl carbamates (subject to hydrolysis) is 1. The number of amides is 1. The van der Waals surface area contributed by atoms with Crippen LogP contribution in [0.15, 0.2) is 30.8 Å². The van der Waals surface area contributed by atoms with Crippen molar-refractivity contribution in [3.8, 4) is 0 Å². The lowest BCUT2D eigenvalue weighted by atomic mass is 9.92. The summed E-state index contributed by atoms with van der Waals surface area (Å²) in [5.74, 6) is 0. The standard InChI is InChI=1S/C22H36N2O2.C2F6NO4S2/c1-18(2)19-13-12-14-20(17-19)22(3,4)23-21(25)26-16-11-9-8-10-15-24(5,6)7;3-1(4,5)14(10,11)9-15(12,13)2(6,7)8/h12-14,17H,1,8-11,15-16H2,2-7H3;/q;-1/p+1. The highest BCUT2D eigenvalue weighted by atomic mass is 32.3. The van der Waals surface area contributed by atoms with Crippen molar-refractivity contribution in [2.45, 2.75) is 63.0 Å². The predicted octanol–water partition coefficient (Wildman–Crippen LogP) is 6.01. The summed E-state index contributed by atoms with van der Waals surface area (Å²) in [4.78, 5) is 12.1. The molecule has 0 unspecified atom stereocenters. The second-order valence-electron chi connectivity index (χ2n) is 10.6. The van der Waals surface area contributed by atoms with Crippen molar-refractivity contribution in [3.63, 3.8) is 0 Å². The van der Waals surface area contributed by atoms with Gasteiger partial charge in [0.05, 0.1) is 39.8 Å². The van der Waals surface area contributed by atoms with Crippen LogP contribution in [0.4, 0.5) is 31.1 Å². The van der Waals surface area contributed by atoms with Gasteiger partial charge in [0.25, 0.3) is 0 Å². The first kappa shape index (κ1) is 38.6. The molecular formula is C24H37F6N3O6S2. The molecule has 0 atom stereocenters. The Morgan fingerprint density at radius 2 is 1.41 bits per heavy atom. The second kappa shape index (κ2) is 14.7. The van der Waals surface area contributed by atoms with Crippen LogP contribution in [0.5, 0.6) is 0 Å². The van der Waals surface area contributed by atoms with Crippen LogP contribution in [-0.4, -0.2) is 72.7 Å². The van der Waals surface area contributed by atoms with Crippen molar-refractivity contribution in [2.75, 3.05) is 34.3 Å². The van der Waals surface area contributed by atoms with E-state index in [0.717, 1.165) is 38.2 Å². The summed E-state index contributed by atoms with van der Waals surface area (Å²) in [6.45, 7) is 11.6. The number of quaternary nitrogens is 1. The first-order valence-corrected chi connectivity index (χ1v) is 15.0. The van der Waals surface area contributed by atoms with Gasteiger partial charge in [0, 0.05) is 0 Å². The molecule has 1 rings (SSSR count). The van der Waals surface area contributed by atoms with E-state index < -0.39 is 36.6 Å². The third kappa shape index (κ3) is 14.4. The molecule has 1 aromatic carbocycles. The van der Waals surface area contributed by atoms with E-state index in [4.69, 9.17) is 4.74 Å². The molecule has 1 N–H and O–H groups in total. The lowest BCUT2D eigenvalue weighted by Crippen LogP contribution is -2.41. The van der Waals surface area contributed by atoms with Crippen LogP contribution in [0.25, 0.3) is 9.70 Å². The van der Waals surface area contributed by atoms with Gasteiger partial charge in [-0.25, -0.2) is 21.6 Å². The number of halogens is 6. The summed E-state index contributed by atoms with van der Waals surface area (Å²) in [5, 5.41) is 2.97. The topological polar surface area (TPSA) is 121 Å². The molecular weight excluding hydrogens is 604 g/mol. The van der Waals surface area contributed by atoms with Crippen LogP contribution in [-0.2, 0) is 30.3 Å². The summed E-state index contributed by atoms with van der Waals surface area (Å²) in [6, 6.07) is 8.10. The van der Waals surface area contributed by atoms with Crippen molar-refractivity contribution in [3.05, 3.63) is 46.1 Å². The molecule has 0 bridgehead atoms. The molecule has 0 aliphatic rings. The Morgan fingerprint density at radius 3 is 1.85 bits per heavy atom. The molecule has 0 heterocycles. The van der Waals surface area contributed by atoms with Gasteiger partial charge in [-0.05, 0) is 63.6 Å². The Kier molecular flexibility index (Phi) is 13.8. The maximum atomic E-state index is 12.1. The van der Waals surface area contributed by atoms with Crippen LogP contribution >= 0.6 is 0 Å². The molecule has 0 spiro atoms. The van der Waals surface area contributed by atoms with E-state index in [2.05, 4.69) is 39.1 Å². The highest BCUT2D eigenvalue weighted by Gasteiger charge is 2.47. The Labute approximate surface area is 237 Å². The van der Waals surface area contributed by atoms with Gasteiger partial charge in [-0.2, -0.15) is 26.3 Å². The number of hydrogen-bond acceptors (Lipinski definition) is 6. The van der Waals surface area contributed by atoms with Gasteiger partial charge in [0.2, 0.25) is 0 Å². The SMILES string of the molecule is C=C(C)c1cccc(C(C)(C)NC(=O)OCCCCCC[N+](C)(C)C)c1.O=S(=O)([N-]S(=O)(=O)C(F)(F)F)C(F)(F)F. The molecule has 0 aliphatic carbocycles. The number of benzene rings is 1. The molecule has 17 heteroatoms. The van der Waals surface area contributed by atoms with Gasteiger partial charge >= 0.3 is 17.1 Å². The number of ether oxygens (including phenoxy) is 1. The normalized spacial score (nSPS) is 13.2. The number of hydrogen-bond donors (Lipinski definition) is 1. The van der Waals surface area contributed by atoms with Gasteiger partial charge in [0.1, 0.15) is 0 Å². The molecule has 0 radical (unpaired) electrons. The van der Waals surface area contributed by atoms with Crippen molar-refractivity contribution in [1.29, 1.82) is 0 Å². The quantitative estimate of drug-likeness (QED) is 0.170. The van der Waals surface area contributed by atoms with Crippen LogP contribution < -0.4 is 5.32 Å². The van der Waals surface area contributed by atoms with E-state index in [1.165, 1.54) is 19.4 Å². The van der Waals surface area contributed by atoms with E-state index in [9.17, 15) is 48.0 Å². The number of sulfonamides is 2. The number of nitrogens with zero attached hydrogens (tertiary/aromatic N) is 2. The van der Waals surface area contributed by atoms with Gasteiger partial charge in [-0.15, -0.1) is 0 Å². The molecule has 0 saturated heterocycles. The van der Waals surface area contributed by atoms with E-state index in [1.54, 1.807) is 0 Å². The predicted molar refractivity (Wildman–Crippen MR) is 143 cm³/mol. The maximum Gasteiger partial charge on any atom is 0.480 e. The third-order valence-corrected chi connectivity index (χ3v) is 7.97. The fourth-order valence-electron chi connectivity index (χ4n) is 2.96. The molecule has 1 aromatic rings. The summed E-state index contributed by atoms with van der Waals surface area (Å²) >= 11 is 0. The minimum absolute atomic E-state index is 0.359. The third-order valence-electron chi connectivity index (χ3n) is 5.23. The summed E-state index contributed by atoms with van der Waals surface area (Å²) in [6.07, 6.45) is 4.04. The van der Waals surface area contributed by atoms with E-state index >= 15 is 0 Å². The number of nitrogens with one attached hydrogen (secondary N) is 1. The number of allylic oxidation sites excluding steroid dienone is 1. The number of carbonyl (C=O) groups is 1.